The highest BCUT2D eigenvalue weighted by Crippen LogP contribution is 2.33. The molecule has 0 aliphatic carbocycles. The molecular formula is C22H30F3N3O2. The number of aromatic nitrogens is 2. The molecule has 166 valence electrons. The SMILES string of the molecule is Cc1c(C(=O)/N=c2\cc(C(C)(C)C)n(C)n2CCOC(C)C)cccc1C(F)(F)F. The minimum absolute atomic E-state index is 0.0581. The van der Waals surface area contributed by atoms with E-state index in [-0.39, 0.29) is 22.6 Å². The Balaban J connectivity index is 2.55. The number of hydrogen-bond acceptors (Lipinski definition) is 2. The Bertz CT molecular complexity index is 977. The second kappa shape index (κ2) is 8.79. The zero-order valence-electron chi connectivity index (χ0n) is 18.6. The van der Waals surface area contributed by atoms with Crippen molar-refractivity contribution >= 4 is 5.91 Å². The molecule has 1 amide bonds. The summed E-state index contributed by atoms with van der Waals surface area (Å²) in [7, 11) is 1.87. The Morgan fingerprint density at radius 2 is 1.83 bits per heavy atom. The van der Waals surface area contributed by atoms with Crippen molar-refractivity contribution in [2.75, 3.05) is 6.61 Å². The number of alkyl halides is 3. The van der Waals surface area contributed by atoms with Crippen LogP contribution in [0.3, 0.4) is 0 Å². The van der Waals surface area contributed by atoms with Gasteiger partial charge in [0.25, 0.3) is 5.91 Å². The first-order chi connectivity index (χ1) is 13.7. The van der Waals surface area contributed by atoms with Crippen molar-refractivity contribution in [1.29, 1.82) is 0 Å². The van der Waals surface area contributed by atoms with Gasteiger partial charge in [-0.25, -0.2) is 0 Å². The molecule has 1 aromatic heterocycles. The number of hydrogen-bond donors (Lipinski definition) is 0. The third-order valence-corrected chi connectivity index (χ3v) is 4.85. The summed E-state index contributed by atoms with van der Waals surface area (Å²) in [6.45, 7) is 12.2. The van der Waals surface area contributed by atoms with E-state index >= 15 is 0 Å². The average molecular weight is 425 g/mol. The lowest BCUT2D eigenvalue weighted by molar-refractivity contribution is -0.138. The third kappa shape index (κ3) is 5.41. The summed E-state index contributed by atoms with van der Waals surface area (Å²) < 4.78 is 49.0. The molecule has 2 rings (SSSR count). The first kappa shape index (κ1) is 23.9. The van der Waals surface area contributed by atoms with Gasteiger partial charge in [-0.2, -0.15) is 18.2 Å². The number of ether oxygens (including phenoxy) is 1. The van der Waals surface area contributed by atoms with Crippen LogP contribution in [0.2, 0.25) is 0 Å². The van der Waals surface area contributed by atoms with Crippen molar-refractivity contribution in [2.24, 2.45) is 12.0 Å². The number of carbonyl (C=O) groups is 1. The number of carbonyl (C=O) groups excluding carboxylic acids is 1. The van der Waals surface area contributed by atoms with Gasteiger partial charge in [0.1, 0.15) is 0 Å². The second-order valence-electron chi connectivity index (χ2n) is 8.60. The number of rotatable bonds is 5. The van der Waals surface area contributed by atoms with Crippen molar-refractivity contribution in [1.82, 2.24) is 9.36 Å². The highest BCUT2D eigenvalue weighted by atomic mass is 19.4. The van der Waals surface area contributed by atoms with Crippen LogP contribution in [0, 0.1) is 6.92 Å². The van der Waals surface area contributed by atoms with Crippen LogP contribution in [0.1, 0.15) is 61.8 Å². The molecule has 5 nitrogen and oxygen atoms in total. The Hall–Kier alpha value is -2.35. The Morgan fingerprint density at radius 3 is 2.37 bits per heavy atom. The minimum atomic E-state index is -4.53. The monoisotopic (exact) mass is 425 g/mol. The Labute approximate surface area is 175 Å². The van der Waals surface area contributed by atoms with E-state index in [4.69, 9.17) is 4.74 Å². The molecule has 0 N–H and O–H groups in total. The van der Waals surface area contributed by atoms with Crippen molar-refractivity contribution in [2.45, 2.75) is 65.8 Å². The molecule has 8 heteroatoms. The number of nitrogens with zero attached hydrogens (tertiary/aromatic N) is 3. The van der Waals surface area contributed by atoms with Gasteiger partial charge in [0, 0.05) is 29.8 Å². The molecule has 0 spiro atoms. The highest BCUT2D eigenvalue weighted by molar-refractivity contribution is 5.96. The summed E-state index contributed by atoms with van der Waals surface area (Å²) in [6.07, 6.45) is -4.47. The van der Waals surface area contributed by atoms with Crippen LogP contribution in [0.15, 0.2) is 29.3 Å². The zero-order valence-corrected chi connectivity index (χ0v) is 18.6. The highest BCUT2D eigenvalue weighted by Gasteiger charge is 2.33. The van der Waals surface area contributed by atoms with Gasteiger partial charge in [0.2, 0.25) is 0 Å². The predicted molar refractivity (Wildman–Crippen MR) is 109 cm³/mol. The van der Waals surface area contributed by atoms with Crippen molar-refractivity contribution < 1.29 is 22.7 Å². The van der Waals surface area contributed by atoms with E-state index in [1.165, 1.54) is 19.1 Å². The quantitative estimate of drug-likeness (QED) is 0.702. The van der Waals surface area contributed by atoms with E-state index in [0.29, 0.717) is 18.6 Å². The normalized spacial score (nSPS) is 13.4. The standard InChI is InChI=1S/C22H30F3N3O2/c1-14(2)30-12-11-28-19(13-18(27(28)7)21(4,5)6)26-20(29)16-9-8-10-17(15(16)3)22(23,24)25/h8-10,13-14H,11-12H2,1-7H3/b26-19+. The largest absolute Gasteiger partial charge is 0.416 e. The molecule has 0 aliphatic rings. The maximum absolute atomic E-state index is 13.2. The zero-order chi connectivity index (χ0) is 22.9. The van der Waals surface area contributed by atoms with Crippen molar-refractivity contribution in [3.8, 4) is 0 Å². The molecule has 2 aromatic rings. The van der Waals surface area contributed by atoms with Crippen LogP contribution < -0.4 is 5.49 Å². The molecule has 0 atom stereocenters. The maximum Gasteiger partial charge on any atom is 0.416 e. The average Bonchev–Trinajstić information content (AvgIpc) is 2.90. The lowest BCUT2D eigenvalue weighted by Crippen LogP contribution is -2.28. The summed E-state index contributed by atoms with van der Waals surface area (Å²) in [5.41, 5.74) is 0.107. The second-order valence-corrected chi connectivity index (χ2v) is 8.60. The minimum Gasteiger partial charge on any atom is -0.377 e. The van der Waals surface area contributed by atoms with E-state index in [0.717, 1.165) is 11.8 Å². The molecule has 0 unspecified atom stereocenters. The lowest BCUT2D eigenvalue weighted by atomic mass is 9.92. The van der Waals surface area contributed by atoms with Crippen LogP contribution in [-0.2, 0) is 29.9 Å². The molecule has 0 aliphatic heterocycles. The van der Waals surface area contributed by atoms with Crippen molar-refractivity contribution in [3.63, 3.8) is 0 Å². The predicted octanol–water partition coefficient (Wildman–Crippen LogP) is 4.62. The number of amides is 1. The van der Waals surface area contributed by atoms with Crippen LogP contribution in [0.25, 0.3) is 0 Å². The third-order valence-electron chi connectivity index (χ3n) is 4.85. The van der Waals surface area contributed by atoms with Gasteiger partial charge in [0.15, 0.2) is 5.49 Å². The maximum atomic E-state index is 13.2. The van der Waals surface area contributed by atoms with Gasteiger partial charge in [-0.1, -0.05) is 26.8 Å². The fourth-order valence-electron chi connectivity index (χ4n) is 3.34. The van der Waals surface area contributed by atoms with E-state index in [9.17, 15) is 18.0 Å². The fourth-order valence-corrected chi connectivity index (χ4v) is 3.34. The molecule has 0 saturated carbocycles. The number of halogens is 3. The summed E-state index contributed by atoms with van der Waals surface area (Å²) in [5.74, 6) is -0.705. The van der Waals surface area contributed by atoms with Crippen LogP contribution in [-0.4, -0.2) is 28.0 Å². The van der Waals surface area contributed by atoms with Gasteiger partial charge < -0.3 is 4.74 Å². The van der Waals surface area contributed by atoms with Crippen molar-refractivity contribution in [3.05, 3.63) is 52.1 Å². The molecule has 0 saturated heterocycles. The lowest BCUT2D eigenvalue weighted by Gasteiger charge is -2.21. The van der Waals surface area contributed by atoms with Crippen LogP contribution in [0.5, 0.6) is 0 Å². The Morgan fingerprint density at radius 1 is 1.20 bits per heavy atom. The summed E-state index contributed by atoms with van der Waals surface area (Å²) in [4.78, 5) is 17.0. The first-order valence-electron chi connectivity index (χ1n) is 9.88. The molecule has 1 aromatic carbocycles. The van der Waals surface area contributed by atoms with Gasteiger partial charge in [-0.05, 0) is 38.5 Å². The van der Waals surface area contributed by atoms with Crippen LogP contribution >= 0.6 is 0 Å². The molecule has 1 heterocycles. The molecule has 0 bridgehead atoms. The van der Waals surface area contributed by atoms with E-state index in [1.807, 2.05) is 51.0 Å². The number of benzene rings is 1. The van der Waals surface area contributed by atoms with Gasteiger partial charge >= 0.3 is 6.18 Å². The topological polar surface area (TPSA) is 48.5 Å². The van der Waals surface area contributed by atoms with Crippen LogP contribution in [0.4, 0.5) is 13.2 Å². The van der Waals surface area contributed by atoms with Gasteiger partial charge in [0.05, 0.1) is 24.8 Å². The van der Waals surface area contributed by atoms with E-state index in [2.05, 4.69) is 4.99 Å². The molecule has 0 radical (unpaired) electrons. The molecule has 0 fully saturated rings. The van der Waals surface area contributed by atoms with E-state index in [1.54, 1.807) is 6.07 Å². The molecule has 30 heavy (non-hydrogen) atoms. The first-order valence-corrected chi connectivity index (χ1v) is 9.88. The molecular weight excluding hydrogens is 395 g/mol. The summed E-state index contributed by atoms with van der Waals surface area (Å²) in [5, 5.41) is 0. The summed E-state index contributed by atoms with van der Waals surface area (Å²) in [6, 6.07) is 5.37. The summed E-state index contributed by atoms with van der Waals surface area (Å²) >= 11 is 0. The fraction of sp³-hybridized carbons (Fsp3) is 0.545. The van der Waals surface area contributed by atoms with Gasteiger partial charge in [-0.15, -0.1) is 0 Å². The van der Waals surface area contributed by atoms with E-state index < -0.39 is 17.6 Å². The Kier molecular flexibility index (Phi) is 7.01. The smallest absolute Gasteiger partial charge is 0.377 e. The van der Waals surface area contributed by atoms with Gasteiger partial charge in [-0.3, -0.25) is 14.2 Å².